The molecular formula is C54H35N. The Labute approximate surface area is 319 Å². The van der Waals surface area contributed by atoms with Crippen molar-refractivity contribution < 1.29 is 0 Å². The lowest BCUT2D eigenvalue weighted by Gasteiger charge is -2.16. The quantitative estimate of drug-likeness (QED) is 0.167. The van der Waals surface area contributed by atoms with Gasteiger partial charge in [-0.2, -0.15) is 0 Å². The van der Waals surface area contributed by atoms with E-state index in [2.05, 4.69) is 194 Å². The van der Waals surface area contributed by atoms with Crippen molar-refractivity contribution in [3.05, 3.63) is 200 Å². The van der Waals surface area contributed by atoms with Gasteiger partial charge in [0.25, 0.3) is 0 Å². The fraction of sp³-hybridized carbons (Fsp3) is 0.0185. The monoisotopic (exact) mass is 697 g/mol. The molecule has 0 aliphatic carbocycles. The van der Waals surface area contributed by atoms with Crippen LogP contribution in [0.4, 0.5) is 0 Å². The van der Waals surface area contributed by atoms with Crippen LogP contribution in [-0.2, 0) is 0 Å². The zero-order chi connectivity index (χ0) is 36.5. The van der Waals surface area contributed by atoms with Gasteiger partial charge < -0.3 is 0 Å². The number of hydrogen-bond acceptors (Lipinski definition) is 1. The molecule has 11 rings (SSSR count). The van der Waals surface area contributed by atoms with E-state index in [0.717, 1.165) is 16.5 Å². The molecule has 0 bridgehead atoms. The second-order valence-corrected chi connectivity index (χ2v) is 14.8. The molecule has 10 aromatic carbocycles. The van der Waals surface area contributed by atoms with Gasteiger partial charge in [-0.1, -0.05) is 158 Å². The van der Waals surface area contributed by atoms with E-state index in [4.69, 9.17) is 0 Å². The van der Waals surface area contributed by atoms with Crippen molar-refractivity contribution in [3.8, 4) is 44.5 Å². The molecule has 0 aliphatic rings. The lowest BCUT2D eigenvalue weighted by atomic mass is 9.88. The summed E-state index contributed by atoms with van der Waals surface area (Å²) in [6.45, 7) is 2.23. The van der Waals surface area contributed by atoms with Crippen LogP contribution in [-0.4, -0.2) is 4.98 Å². The van der Waals surface area contributed by atoms with Crippen molar-refractivity contribution in [3.63, 3.8) is 0 Å². The van der Waals surface area contributed by atoms with Gasteiger partial charge in [-0.25, -0.2) is 0 Å². The first-order chi connectivity index (χ1) is 27.1. The first kappa shape index (κ1) is 31.4. The normalized spacial score (nSPS) is 11.7. The number of pyridine rings is 1. The molecule has 0 amide bonds. The van der Waals surface area contributed by atoms with Crippen LogP contribution >= 0.6 is 0 Å². The molecule has 0 unspecified atom stereocenters. The highest BCUT2D eigenvalue weighted by molar-refractivity contribution is 6.21. The Morgan fingerprint density at radius 3 is 1.51 bits per heavy atom. The molecule has 1 heterocycles. The van der Waals surface area contributed by atoms with Gasteiger partial charge in [-0.3, -0.25) is 4.98 Å². The molecule has 0 aliphatic heterocycles. The predicted octanol–water partition coefficient (Wildman–Crippen LogP) is 15.0. The largest absolute Gasteiger partial charge is 0.256 e. The smallest absolute Gasteiger partial charge is 0.0702 e. The van der Waals surface area contributed by atoms with Gasteiger partial charge in [0.15, 0.2) is 0 Å². The summed E-state index contributed by atoms with van der Waals surface area (Å²) in [6, 6.07) is 69.1. The summed E-state index contributed by atoms with van der Waals surface area (Å²) < 4.78 is 0. The van der Waals surface area contributed by atoms with E-state index in [1.807, 2.05) is 12.3 Å². The maximum atomic E-state index is 4.66. The number of fused-ring (bicyclic) bond motifs is 8. The number of nitrogens with zero attached hydrogens (tertiary/aromatic N) is 1. The summed E-state index contributed by atoms with van der Waals surface area (Å²) in [4.78, 5) is 4.66. The number of hydrogen-bond donors (Lipinski definition) is 0. The Morgan fingerprint density at radius 1 is 0.309 bits per heavy atom. The molecule has 0 N–H and O–H groups in total. The highest BCUT2D eigenvalue weighted by atomic mass is 14.6. The van der Waals surface area contributed by atoms with Crippen LogP contribution in [0.5, 0.6) is 0 Å². The van der Waals surface area contributed by atoms with Crippen LogP contribution in [0.25, 0.3) is 109 Å². The maximum absolute atomic E-state index is 4.66. The maximum Gasteiger partial charge on any atom is 0.0702 e. The Morgan fingerprint density at radius 2 is 0.782 bits per heavy atom. The number of aromatic nitrogens is 1. The number of rotatable bonds is 4. The number of para-hydroxylation sites is 1. The number of benzene rings is 10. The fourth-order valence-electron chi connectivity index (χ4n) is 8.77. The zero-order valence-corrected chi connectivity index (χ0v) is 30.4. The van der Waals surface area contributed by atoms with Gasteiger partial charge in [-0.15, -0.1) is 0 Å². The topological polar surface area (TPSA) is 12.9 Å². The predicted molar refractivity (Wildman–Crippen MR) is 236 cm³/mol. The Kier molecular flexibility index (Phi) is 7.15. The summed E-state index contributed by atoms with van der Waals surface area (Å²) in [7, 11) is 0. The van der Waals surface area contributed by atoms with E-state index in [1.54, 1.807) is 0 Å². The lowest BCUT2D eigenvalue weighted by Crippen LogP contribution is -1.89. The molecule has 256 valence electrons. The van der Waals surface area contributed by atoms with Crippen LogP contribution in [0.1, 0.15) is 5.56 Å². The molecule has 0 spiro atoms. The summed E-state index contributed by atoms with van der Waals surface area (Å²) in [5.74, 6) is 0. The average Bonchev–Trinajstić information content (AvgIpc) is 3.25. The Hall–Kier alpha value is -7.09. The standard InChI is InChI=1S/C54H35N/c1-34-7-4-9-37-19-20-39-11-6-13-50(54(39)52(34)37)49-12-5-10-38-21-26-45-31-44(27-28-48(45)53(38)49)43-25-24-41-29-40(22-23-42(41)30-43)35-15-17-36(18-16-35)47-32-46-8-2-3-14-51(46)55-33-47/h2-33H,1H3. The molecule has 11 aromatic rings. The van der Waals surface area contributed by atoms with E-state index in [1.165, 1.54) is 98.4 Å². The Bertz CT molecular complexity index is 3320. The van der Waals surface area contributed by atoms with Gasteiger partial charge in [0.2, 0.25) is 0 Å². The van der Waals surface area contributed by atoms with Crippen molar-refractivity contribution in [2.24, 2.45) is 0 Å². The van der Waals surface area contributed by atoms with Crippen molar-refractivity contribution in [2.75, 3.05) is 0 Å². The summed E-state index contributed by atoms with van der Waals surface area (Å²) >= 11 is 0. The number of aryl methyl sites for hydroxylation is 1. The second kappa shape index (κ2) is 12.5. The third kappa shape index (κ3) is 5.28. The van der Waals surface area contributed by atoms with E-state index in [0.29, 0.717) is 0 Å². The molecule has 1 aromatic heterocycles. The van der Waals surface area contributed by atoms with Crippen LogP contribution < -0.4 is 0 Å². The van der Waals surface area contributed by atoms with Crippen molar-refractivity contribution in [2.45, 2.75) is 6.92 Å². The minimum absolute atomic E-state index is 1.02. The van der Waals surface area contributed by atoms with E-state index in [-0.39, 0.29) is 0 Å². The van der Waals surface area contributed by atoms with E-state index in [9.17, 15) is 0 Å². The molecule has 1 heteroatoms. The van der Waals surface area contributed by atoms with Crippen molar-refractivity contribution in [1.29, 1.82) is 0 Å². The summed E-state index contributed by atoms with van der Waals surface area (Å²) in [5.41, 5.74) is 12.1. The SMILES string of the molecule is Cc1cccc2ccc3cccc(-c4cccc5ccc6cc(-c7ccc8cc(-c9ccc(-c%10cnc%11ccccc%11c%10)cc9)ccc8c7)ccc6c45)c3c12. The first-order valence-corrected chi connectivity index (χ1v) is 19.0. The van der Waals surface area contributed by atoms with Crippen LogP contribution in [0, 0.1) is 6.92 Å². The van der Waals surface area contributed by atoms with Crippen molar-refractivity contribution >= 4 is 64.8 Å². The fourth-order valence-corrected chi connectivity index (χ4v) is 8.77. The van der Waals surface area contributed by atoms with Gasteiger partial charge in [-0.05, 0) is 136 Å². The molecule has 0 saturated carbocycles. The molecule has 0 fully saturated rings. The molecule has 1 nitrogen and oxygen atoms in total. The second-order valence-electron chi connectivity index (χ2n) is 14.8. The van der Waals surface area contributed by atoms with Crippen LogP contribution in [0.3, 0.4) is 0 Å². The van der Waals surface area contributed by atoms with Gasteiger partial charge in [0.1, 0.15) is 0 Å². The average molecular weight is 698 g/mol. The lowest BCUT2D eigenvalue weighted by molar-refractivity contribution is 1.41. The van der Waals surface area contributed by atoms with Crippen LogP contribution in [0.2, 0.25) is 0 Å². The molecule has 0 atom stereocenters. The third-order valence-electron chi connectivity index (χ3n) is 11.6. The Balaban J connectivity index is 0.950. The van der Waals surface area contributed by atoms with Gasteiger partial charge in [0, 0.05) is 17.1 Å². The minimum Gasteiger partial charge on any atom is -0.256 e. The highest BCUT2D eigenvalue weighted by Crippen LogP contribution is 2.42. The third-order valence-corrected chi connectivity index (χ3v) is 11.6. The molecule has 0 radical (unpaired) electrons. The van der Waals surface area contributed by atoms with Gasteiger partial charge in [0.05, 0.1) is 5.52 Å². The highest BCUT2D eigenvalue weighted by Gasteiger charge is 2.14. The minimum atomic E-state index is 1.02. The molecular weight excluding hydrogens is 663 g/mol. The molecule has 55 heavy (non-hydrogen) atoms. The zero-order valence-electron chi connectivity index (χ0n) is 30.4. The first-order valence-electron chi connectivity index (χ1n) is 19.0. The van der Waals surface area contributed by atoms with Crippen LogP contribution in [0.15, 0.2) is 194 Å². The molecule has 0 saturated heterocycles. The van der Waals surface area contributed by atoms with E-state index >= 15 is 0 Å². The summed E-state index contributed by atoms with van der Waals surface area (Å²) in [6.07, 6.45) is 1.97. The van der Waals surface area contributed by atoms with Gasteiger partial charge >= 0.3 is 0 Å². The summed E-state index contributed by atoms with van der Waals surface area (Å²) in [5, 5.41) is 13.9. The van der Waals surface area contributed by atoms with E-state index < -0.39 is 0 Å². The van der Waals surface area contributed by atoms with Crippen molar-refractivity contribution in [1.82, 2.24) is 4.98 Å².